The number of aliphatic hydroxyl groups excluding tert-OH is 1. The van der Waals surface area contributed by atoms with Crippen LogP contribution >= 0.6 is 0 Å². The molecule has 2 rings (SSSR count). The maximum atomic E-state index is 13.7. The first-order valence-electron chi connectivity index (χ1n) is 6.00. The van der Waals surface area contributed by atoms with Gasteiger partial charge in [0.1, 0.15) is 5.82 Å². The molecule has 0 bridgehead atoms. The van der Waals surface area contributed by atoms with Crippen molar-refractivity contribution in [2.24, 2.45) is 0 Å². The van der Waals surface area contributed by atoms with E-state index in [4.69, 9.17) is 5.11 Å². The maximum Gasteiger partial charge on any atom is 0.241 e. The van der Waals surface area contributed by atoms with E-state index in [0.29, 0.717) is 0 Å². The highest BCUT2D eigenvalue weighted by Gasteiger charge is 2.24. The fourth-order valence-electron chi connectivity index (χ4n) is 1.78. The number of aromatic amines is 1. The molecule has 0 amide bonds. The molecule has 1 heterocycles. The highest BCUT2D eigenvalue weighted by atomic mass is 32.2. The Morgan fingerprint density at radius 2 is 2.19 bits per heavy atom. The van der Waals surface area contributed by atoms with Crippen molar-refractivity contribution >= 4 is 10.0 Å². The first-order valence-corrected chi connectivity index (χ1v) is 7.49. The number of hydrogen-bond donors (Lipinski definition) is 3. The zero-order chi connectivity index (χ0) is 15.6. The molecule has 1 unspecified atom stereocenters. The molecule has 114 valence electrons. The van der Waals surface area contributed by atoms with E-state index in [9.17, 15) is 12.8 Å². The van der Waals surface area contributed by atoms with Crippen molar-refractivity contribution in [1.82, 2.24) is 25.3 Å². The lowest BCUT2D eigenvalue weighted by Gasteiger charge is -2.14. The Balaban J connectivity index is 2.38. The number of halogens is 1. The molecule has 1 atom stereocenters. The Labute approximate surface area is 120 Å². The molecule has 3 N–H and O–H groups in total. The average molecular weight is 315 g/mol. The van der Waals surface area contributed by atoms with Crippen molar-refractivity contribution in [3.05, 3.63) is 34.9 Å². The van der Waals surface area contributed by atoms with Gasteiger partial charge in [-0.05, 0) is 31.5 Å². The number of nitrogens with zero attached hydrogens (tertiary/aromatic N) is 3. The number of aromatic nitrogens is 4. The van der Waals surface area contributed by atoms with E-state index in [1.807, 2.05) is 0 Å². The van der Waals surface area contributed by atoms with E-state index < -0.39 is 28.5 Å². The van der Waals surface area contributed by atoms with Gasteiger partial charge in [-0.25, -0.2) is 17.5 Å². The Morgan fingerprint density at radius 1 is 1.48 bits per heavy atom. The van der Waals surface area contributed by atoms with Gasteiger partial charge >= 0.3 is 0 Å². The summed E-state index contributed by atoms with van der Waals surface area (Å²) in [6.07, 6.45) is 0. The van der Waals surface area contributed by atoms with Crippen LogP contribution in [0.3, 0.4) is 0 Å². The van der Waals surface area contributed by atoms with Crippen LogP contribution in [0.15, 0.2) is 17.0 Å². The highest BCUT2D eigenvalue weighted by Crippen LogP contribution is 2.22. The minimum atomic E-state index is -3.99. The standard InChI is InChI=1S/C11H14FN5O3S/c1-6-9(12)3-8(5-18)4-10(6)21(19,20)15-7(2)11-13-16-17-14-11/h3-4,7,15,18H,5H2,1-2H3,(H,13,14,16,17). The van der Waals surface area contributed by atoms with Crippen molar-refractivity contribution in [3.8, 4) is 0 Å². The zero-order valence-corrected chi connectivity index (χ0v) is 12.1. The molecule has 10 heteroatoms. The summed E-state index contributed by atoms with van der Waals surface area (Å²) in [6, 6.07) is 1.58. The van der Waals surface area contributed by atoms with E-state index in [2.05, 4.69) is 25.3 Å². The van der Waals surface area contributed by atoms with Gasteiger partial charge < -0.3 is 5.11 Å². The fourth-order valence-corrected chi connectivity index (χ4v) is 3.28. The van der Waals surface area contributed by atoms with Gasteiger partial charge in [-0.15, -0.1) is 10.2 Å². The Morgan fingerprint density at radius 3 is 2.76 bits per heavy atom. The summed E-state index contributed by atoms with van der Waals surface area (Å²) in [6.45, 7) is 2.42. The van der Waals surface area contributed by atoms with Crippen LogP contribution in [-0.2, 0) is 16.6 Å². The van der Waals surface area contributed by atoms with Crippen molar-refractivity contribution < 1.29 is 17.9 Å². The molecule has 0 aliphatic rings. The van der Waals surface area contributed by atoms with Gasteiger partial charge in [-0.1, -0.05) is 5.21 Å². The van der Waals surface area contributed by atoms with Gasteiger partial charge in [0, 0.05) is 5.56 Å². The Bertz CT molecular complexity index is 733. The van der Waals surface area contributed by atoms with E-state index in [1.165, 1.54) is 19.9 Å². The normalized spacial score (nSPS) is 13.3. The molecule has 8 nitrogen and oxygen atoms in total. The van der Waals surface area contributed by atoms with Gasteiger partial charge in [0.15, 0.2) is 5.82 Å². The smallest absolute Gasteiger partial charge is 0.241 e. The molecule has 1 aromatic carbocycles. The van der Waals surface area contributed by atoms with E-state index >= 15 is 0 Å². The summed E-state index contributed by atoms with van der Waals surface area (Å²) >= 11 is 0. The predicted molar refractivity (Wildman–Crippen MR) is 70.0 cm³/mol. The Kier molecular flexibility index (Phi) is 4.30. The topological polar surface area (TPSA) is 121 Å². The first kappa shape index (κ1) is 15.5. The van der Waals surface area contributed by atoms with Crippen molar-refractivity contribution in [2.75, 3.05) is 0 Å². The van der Waals surface area contributed by atoms with Gasteiger partial charge in [-0.3, -0.25) is 0 Å². The molecular formula is C11H14FN5O3S. The number of rotatable bonds is 5. The number of H-pyrrole nitrogens is 1. The molecule has 0 spiro atoms. The Hall–Kier alpha value is -1.91. The van der Waals surface area contributed by atoms with Crippen LogP contribution in [0.25, 0.3) is 0 Å². The molecule has 1 aromatic heterocycles. The highest BCUT2D eigenvalue weighted by molar-refractivity contribution is 7.89. The van der Waals surface area contributed by atoms with Crippen LogP contribution in [0.4, 0.5) is 4.39 Å². The molecule has 0 radical (unpaired) electrons. The molecule has 0 fully saturated rings. The predicted octanol–water partition coefficient (Wildman–Crippen LogP) is 0.179. The summed E-state index contributed by atoms with van der Waals surface area (Å²) in [7, 11) is -3.99. The lowest BCUT2D eigenvalue weighted by molar-refractivity contribution is 0.281. The quantitative estimate of drug-likeness (QED) is 0.723. The van der Waals surface area contributed by atoms with Crippen LogP contribution in [0.2, 0.25) is 0 Å². The number of nitrogens with one attached hydrogen (secondary N) is 2. The van der Waals surface area contributed by atoms with E-state index in [1.54, 1.807) is 0 Å². The number of sulfonamides is 1. The third-order valence-corrected chi connectivity index (χ3v) is 4.58. The van der Waals surface area contributed by atoms with Crippen LogP contribution in [-0.4, -0.2) is 34.1 Å². The van der Waals surface area contributed by atoms with E-state index in [0.717, 1.165) is 6.07 Å². The number of tetrazole rings is 1. The third kappa shape index (κ3) is 3.23. The summed E-state index contributed by atoms with van der Waals surface area (Å²) in [4.78, 5) is -0.234. The fraction of sp³-hybridized carbons (Fsp3) is 0.364. The van der Waals surface area contributed by atoms with Gasteiger partial charge in [0.2, 0.25) is 10.0 Å². The van der Waals surface area contributed by atoms with Crippen LogP contribution < -0.4 is 4.72 Å². The largest absolute Gasteiger partial charge is 0.392 e. The lowest BCUT2D eigenvalue weighted by atomic mass is 10.1. The van der Waals surface area contributed by atoms with Crippen LogP contribution in [0.5, 0.6) is 0 Å². The molecule has 0 aliphatic heterocycles. The molecule has 21 heavy (non-hydrogen) atoms. The average Bonchev–Trinajstić information content (AvgIpc) is 2.95. The molecule has 2 aromatic rings. The molecule has 0 aliphatic carbocycles. The summed E-state index contributed by atoms with van der Waals surface area (Å²) in [5, 5.41) is 22.0. The second-order valence-electron chi connectivity index (χ2n) is 4.47. The second kappa shape index (κ2) is 5.84. The molecular weight excluding hydrogens is 301 g/mol. The zero-order valence-electron chi connectivity index (χ0n) is 11.3. The molecule has 0 saturated carbocycles. The first-order chi connectivity index (χ1) is 9.85. The number of benzene rings is 1. The van der Waals surface area contributed by atoms with E-state index in [-0.39, 0.29) is 21.8 Å². The summed E-state index contributed by atoms with van der Waals surface area (Å²) < 4.78 is 40.7. The minimum absolute atomic E-state index is 0.0278. The third-order valence-electron chi connectivity index (χ3n) is 2.91. The lowest BCUT2D eigenvalue weighted by Crippen LogP contribution is -2.28. The minimum Gasteiger partial charge on any atom is -0.392 e. The monoisotopic (exact) mass is 315 g/mol. The van der Waals surface area contributed by atoms with Crippen molar-refractivity contribution in [3.63, 3.8) is 0 Å². The SMILES string of the molecule is Cc1c(F)cc(CO)cc1S(=O)(=O)NC(C)c1nn[nH]n1. The van der Waals surface area contributed by atoms with Crippen LogP contribution in [0.1, 0.15) is 29.9 Å². The van der Waals surface area contributed by atoms with Crippen molar-refractivity contribution in [2.45, 2.75) is 31.4 Å². The summed E-state index contributed by atoms with van der Waals surface area (Å²) in [5.41, 5.74) is 0.144. The van der Waals surface area contributed by atoms with Gasteiger partial charge in [-0.2, -0.15) is 5.21 Å². The van der Waals surface area contributed by atoms with Crippen LogP contribution in [0, 0.1) is 12.7 Å². The van der Waals surface area contributed by atoms with Crippen molar-refractivity contribution in [1.29, 1.82) is 0 Å². The molecule has 0 saturated heterocycles. The number of hydrogen-bond acceptors (Lipinski definition) is 6. The van der Waals surface area contributed by atoms with Gasteiger partial charge in [0.05, 0.1) is 17.5 Å². The summed E-state index contributed by atoms with van der Waals surface area (Å²) in [5.74, 6) is -0.538. The van der Waals surface area contributed by atoms with Gasteiger partial charge in [0.25, 0.3) is 0 Å². The maximum absolute atomic E-state index is 13.7. The number of aliphatic hydroxyl groups is 1. The second-order valence-corrected chi connectivity index (χ2v) is 6.15.